The number of rotatable bonds is 7. The summed E-state index contributed by atoms with van der Waals surface area (Å²) in [4.78, 5) is 22.7. The summed E-state index contributed by atoms with van der Waals surface area (Å²) in [6.45, 7) is 3.95. The van der Waals surface area contributed by atoms with Gasteiger partial charge in [0.15, 0.2) is 0 Å². The van der Waals surface area contributed by atoms with Crippen molar-refractivity contribution in [3.05, 3.63) is 0 Å². The van der Waals surface area contributed by atoms with E-state index in [1.807, 2.05) is 6.07 Å². The van der Waals surface area contributed by atoms with Crippen molar-refractivity contribution >= 4 is 11.9 Å². The third kappa shape index (κ3) is 6.02. The number of carbonyl (C=O) groups is 2. The van der Waals surface area contributed by atoms with Crippen LogP contribution in [0.2, 0.25) is 0 Å². The highest BCUT2D eigenvalue weighted by molar-refractivity contribution is 5.79. The molecular weight excluding hydrogens is 210 g/mol. The molecule has 0 aliphatic heterocycles. The lowest BCUT2D eigenvalue weighted by molar-refractivity contribution is -0.154. The lowest BCUT2D eigenvalue weighted by atomic mass is 10.00. The zero-order chi connectivity index (χ0) is 12.4. The summed E-state index contributed by atoms with van der Waals surface area (Å²) < 4.78 is 9.57. The first-order valence-electron chi connectivity index (χ1n) is 5.34. The number of esters is 2. The highest BCUT2D eigenvalue weighted by Crippen LogP contribution is 2.14. The molecule has 5 heteroatoms. The van der Waals surface area contributed by atoms with Crippen LogP contribution in [0.5, 0.6) is 0 Å². The Balaban J connectivity index is 4.25. The minimum atomic E-state index is -0.571. The van der Waals surface area contributed by atoms with E-state index >= 15 is 0 Å². The van der Waals surface area contributed by atoms with Crippen molar-refractivity contribution in [1.29, 1.82) is 5.26 Å². The van der Waals surface area contributed by atoms with Gasteiger partial charge >= 0.3 is 11.9 Å². The fraction of sp³-hybridized carbons (Fsp3) is 0.727. The van der Waals surface area contributed by atoms with Crippen LogP contribution < -0.4 is 0 Å². The molecular formula is C11H17NO4. The highest BCUT2D eigenvalue weighted by atomic mass is 16.5. The second kappa shape index (κ2) is 8.72. The molecule has 0 fully saturated rings. The fourth-order valence-electron chi connectivity index (χ4n) is 1.22. The van der Waals surface area contributed by atoms with Crippen molar-refractivity contribution in [2.75, 3.05) is 13.2 Å². The highest BCUT2D eigenvalue weighted by Gasteiger charge is 2.23. The molecule has 0 aliphatic carbocycles. The topological polar surface area (TPSA) is 76.4 Å². The van der Waals surface area contributed by atoms with Gasteiger partial charge in [-0.05, 0) is 20.3 Å². The van der Waals surface area contributed by atoms with E-state index in [0.717, 1.165) is 0 Å². The second-order valence-electron chi connectivity index (χ2n) is 3.15. The van der Waals surface area contributed by atoms with Crippen molar-refractivity contribution in [2.24, 2.45) is 5.92 Å². The van der Waals surface area contributed by atoms with E-state index in [-0.39, 0.29) is 26.1 Å². The van der Waals surface area contributed by atoms with E-state index in [1.54, 1.807) is 13.8 Å². The van der Waals surface area contributed by atoms with Crippen LogP contribution in [0.25, 0.3) is 0 Å². The molecule has 0 saturated heterocycles. The predicted molar refractivity (Wildman–Crippen MR) is 56.2 cm³/mol. The summed E-state index contributed by atoms with van der Waals surface area (Å²) in [5, 5.41) is 8.45. The van der Waals surface area contributed by atoms with Gasteiger partial charge in [0.1, 0.15) is 0 Å². The Hall–Kier alpha value is -1.57. The van der Waals surface area contributed by atoms with Crippen LogP contribution in [0.4, 0.5) is 0 Å². The Kier molecular flexibility index (Phi) is 7.86. The van der Waals surface area contributed by atoms with Gasteiger partial charge in [-0.25, -0.2) is 0 Å². The van der Waals surface area contributed by atoms with Crippen LogP contribution in [0.15, 0.2) is 0 Å². The zero-order valence-corrected chi connectivity index (χ0v) is 9.69. The van der Waals surface area contributed by atoms with E-state index in [2.05, 4.69) is 0 Å². The van der Waals surface area contributed by atoms with Gasteiger partial charge in [-0.2, -0.15) is 5.26 Å². The quantitative estimate of drug-likeness (QED) is 0.615. The lowest BCUT2D eigenvalue weighted by Gasteiger charge is -2.12. The van der Waals surface area contributed by atoms with E-state index in [4.69, 9.17) is 14.7 Å². The molecule has 1 unspecified atom stereocenters. The predicted octanol–water partition coefficient (Wildman–Crippen LogP) is 1.42. The smallest absolute Gasteiger partial charge is 0.309 e. The van der Waals surface area contributed by atoms with Crippen LogP contribution in [0.1, 0.15) is 33.1 Å². The second-order valence-corrected chi connectivity index (χ2v) is 3.15. The van der Waals surface area contributed by atoms with Gasteiger partial charge in [-0.15, -0.1) is 0 Å². The zero-order valence-electron chi connectivity index (χ0n) is 9.69. The molecule has 0 aliphatic rings. The number of ether oxygens (including phenoxy) is 2. The van der Waals surface area contributed by atoms with E-state index in [9.17, 15) is 9.59 Å². The number of hydrogen-bond acceptors (Lipinski definition) is 5. The number of nitrogens with zero attached hydrogens (tertiary/aromatic N) is 1. The van der Waals surface area contributed by atoms with Crippen molar-refractivity contribution in [3.63, 3.8) is 0 Å². The summed E-state index contributed by atoms with van der Waals surface area (Å²) in [7, 11) is 0. The van der Waals surface area contributed by atoms with Crippen LogP contribution in [-0.2, 0) is 19.1 Å². The maximum atomic E-state index is 11.4. The molecule has 0 radical (unpaired) electrons. The van der Waals surface area contributed by atoms with Crippen LogP contribution >= 0.6 is 0 Å². The van der Waals surface area contributed by atoms with Gasteiger partial charge in [-0.3, -0.25) is 9.59 Å². The molecule has 0 amide bonds. The molecule has 0 heterocycles. The minimum absolute atomic E-state index is 0.0195. The van der Waals surface area contributed by atoms with Gasteiger partial charge in [0.2, 0.25) is 0 Å². The Morgan fingerprint density at radius 1 is 1.25 bits per heavy atom. The Morgan fingerprint density at radius 2 is 1.88 bits per heavy atom. The molecule has 0 N–H and O–H groups in total. The number of carbonyl (C=O) groups excluding carboxylic acids is 2. The minimum Gasteiger partial charge on any atom is -0.466 e. The Morgan fingerprint density at radius 3 is 2.38 bits per heavy atom. The van der Waals surface area contributed by atoms with Crippen LogP contribution in [-0.4, -0.2) is 25.2 Å². The first-order valence-corrected chi connectivity index (χ1v) is 5.34. The third-order valence-corrected chi connectivity index (χ3v) is 1.94. The first kappa shape index (κ1) is 14.4. The van der Waals surface area contributed by atoms with Crippen LogP contribution in [0.3, 0.4) is 0 Å². The van der Waals surface area contributed by atoms with Crippen molar-refractivity contribution < 1.29 is 19.1 Å². The Labute approximate surface area is 95.3 Å². The summed E-state index contributed by atoms with van der Waals surface area (Å²) in [6, 6.07) is 1.94. The standard InChI is InChI=1S/C11H17NO4/c1-3-15-10(13)8-9(6-5-7-12)11(14)16-4-2/h9H,3-6,8H2,1-2H3. The monoisotopic (exact) mass is 227 g/mol. The van der Waals surface area contributed by atoms with Crippen molar-refractivity contribution in [3.8, 4) is 6.07 Å². The molecule has 5 nitrogen and oxygen atoms in total. The molecule has 0 aromatic rings. The Bertz CT molecular complexity index is 270. The van der Waals surface area contributed by atoms with E-state index in [0.29, 0.717) is 6.42 Å². The van der Waals surface area contributed by atoms with E-state index < -0.39 is 17.9 Å². The maximum Gasteiger partial charge on any atom is 0.309 e. The van der Waals surface area contributed by atoms with Gasteiger partial charge in [0.25, 0.3) is 0 Å². The van der Waals surface area contributed by atoms with Gasteiger partial charge in [0.05, 0.1) is 31.6 Å². The maximum absolute atomic E-state index is 11.4. The van der Waals surface area contributed by atoms with Gasteiger partial charge in [-0.1, -0.05) is 0 Å². The molecule has 0 aromatic carbocycles. The van der Waals surface area contributed by atoms with Gasteiger partial charge in [0, 0.05) is 6.42 Å². The van der Waals surface area contributed by atoms with Crippen LogP contribution in [0, 0.1) is 17.2 Å². The lowest BCUT2D eigenvalue weighted by Crippen LogP contribution is -2.22. The largest absolute Gasteiger partial charge is 0.466 e. The molecule has 0 rings (SSSR count). The summed E-state index contributed by atoms with van der Waals surface area (Å²) in [5.41, 5.74) is 0. The summed E-state index contributed by atoms with van der Waals surface area (Å²) in [6.07, 6.45) is 0.533. The summed E-state index contributed by atoms with van der Waals surface area (Å²) in [5.74, 6) is -1.44. The first-order chi connectivity index (χ1) is 7.65. The molecule has 90 valence electrons. The summed E-state index contributed by atoms with van der Waals surface area (Å²) >= 11 is 0. The molecule has 0 bridgehead atoms. The van der Waals surface area contributed by atoms with E-state index in [1.165, 1.54) is 0 Å². The molecule has 16 heavy (non-hydrogen) atoms. The number of nitriles is 1. The van der Waals surface area contributed by atoms with Gasteiger partial charge < -0.3 is 9.47 Å². The SMILES string of the molecule is CCOC(=O)CC(CCC#N)C(=O)OCC. The third-order valence-electron chi connectivity index (χ3n) is 1.94. The number of hydrogen-bond donors (Lipinski definition) is 0. The molecule has 0 spiro atoms. The average molecular weight is 227 g/mol. The molecule has 1 atom stereocenters. The van der Waals surface area contributed by atoms with Crippen molar-refractivity contribution in [1.82, 2.24) is 0 Å². The molecule has 0 saturated carbocycles. The fourth-order valence-corrected chi connectivity index (χ4v) is 1.22. The van der Waals surface area contributed by atoms with Crippen molar-refractivity contribution in [2.45, 2.75) is 33.1 Å². The molecule has 0 aromatic heterocycles. The normalized spacial score (nSPS) is 11.3. The average Bonchev–Trinajstić information content (AvgIpc) is 2.24.